The van der Waals surface area contributed by atoms with Crippen molar-refractivity contribution >= 4 is 22.5 Å². The molecule has 3 aromatic heterocycles. The molecular formula is C22H20F4N6O. The number of imidazole rings is 1. The van der Waals surface area contributed by atoms with Gasteiger partial charge in [-0.05, 0) is 31.2 Å². The number of pyridine rings is 1. The summed E-state index contributed by atoms with van der Waals surface area (Å²) in [5, 5.41) is 7.38. The number of benzene rings is 1. The van der Waals surface area contributed by atoms with Gasteiger partial charge in [-0.25, -0.2) is 9.37 Å². The maximum Gasteiger partial charge on any atom is 0.416 e. The lowest BCUT2D eigenvalue weighted by molar-refractivity contribution is -0.137. The summed E-state index contributed by atoms with van der Waals surface area (Å²) >= 11 is 0. The number of aryl methyl sites for hydroxylation is 2. The molecule has 0 saturated carbocycles. The maximum atomic E-state index is 14.4. The molecule has 1 atom stereocenters. The summed E-state index contributed by atoms with van der Waals surface area (Å²) in [4.78, 5) is 19.8. The lowest BCUT2D eigenvalue weighted by atomic mass is 10.0. The lowest BCUT2D eigenvalue weighted by Crippen LogP contribution is -2.29. The Morgan fingerprint density at radius 1 is 1.24 bits per heavy atom. The first-order valence-electron chi connectivity index (χ1n) is 10.2. The molecule has 3 N–H and O–H groups in total. The van der Waals surface area contributed by atoms with Crippen LogP contribution in [0.25, 0.3) is 10.9 Å². The van der Waals surface area contributed by atoms with Gasteiger partial charge in [0.05, 0.1) is 18.2 Å². The topological polar surface area (TPSA) is 79.7 Å². The summed E-state index contributed by atoms with van der Waals surface area (Å²) in [7, 11) is 1.67. The van der Waals surface area contributed by atoms with Crippen LogP contribution in [0.15, 0.2) is 41.5 Å². The number of alkyl halides is 3. The molecule has 5 rings (SSSR count). The van der Waals surface area contributed by atoms with Crippen LogP contribution in [0.2, 0.25) is 0 Å². The number of nitrogens with one attached hydrogen (secondary N) is 3. The van der Waals surface area contributed by atoms with Gasteiger partial charge in [0.25, 0.3) is 5.56 Å². The Bertz CT molecular complexity index is 1430. The van der Waals surface area contributed by atoms with E-state index in [1.165, 1.54) is 4.57 Å². The average molecular weight is 460 g/mol. The highest BCUT2D eigenvalue weighted by atomic mass is 19.4. The van der Waals surface area contributed by atoms with E-state index in [4.69, 9.17) is 0 Å². The van der Waals surface area contributed by atoms with E-state index in [1.54, 1.807) is 30.9 Å². The number of H-pyrrole nitrogens is 1. The Morgan fingerprint density at radius 2 is 2.03 bits per heavy atom. The number of halogens is 4. The molecule has 1 aliphatic rings. The van der Waals surface area contributed by atoms with Crippen LogP contribution in [-0.2, 0) is 19.8 Å². The molecule has 0 spiro atoms. The third kappa shape index (κ3) is 3.53. The van der Waals surface area contributed by atoms with E-state index in [0.29, 0.717) is 29.5 Å². The SMILES string of the molecule is Cc1nc2c(n1Cc1cc(C(F)(F)F)ccc1F)NC(c1cn(C)c(=O)c3[nH]ccc13)CN2. The fourth-order valence-corrected chi connectivity index (χ4v) is 4.25. The summed E-state index contributed by atoms with van der Waals surface area (Å²) in [6.07, 6.45) is -1.12. The molecule has 33 heavy (non-hydrogen) atoms. The molecular weight excluding hydrogens is 440 g/mol. The van der Waals surface area contributed by atoms with Gasteiger partial charge in [-0.15, -0.1) is 0 Å². The first kappa shape index (κ1) is 21.1. The largest absolute Gasteiger partial charge is 0.416 e. The Kier molecular flexibility index (Phi) is 4.73. The van der Waals surface area contributed by atoms with E-state index >= 15 is 0 Å². The minimum absolute atomic E-state index is 0.0906. The zero-order valence-corrected chi connectivity index (χ0v) is 17.7. The minimum atomic E-state index is -4.57. The molecule has 11 heteroatoms. The Hall–Kier alpha value is -3.76. The predicted octanol–water partition coefficient (Wildman–Crippen LogP) is 4.16. The normalized spacial score (nSPS) is 15.9. The van der Waals surface area contributed by atoms with Crippen LogP contribution in [0.3, 0.4) is 0 Å². The van der Waals surface area contributed by atoms with Crippen molar-refractivity contribution in [1.82, 2.24) is 19.1 Å². The predicted molar refractivity (Wildman–Crippen MR) is 116 cm³/mol. The number of fused-ring (bicyclic) bond motifs is 2. The van der Waals surface area contributed by atoms with Crippen molar-refractivity contribution in [3.63, 3.8) is 0 Å². The molecule has 1 unspecified atom stereocenters. The van der Waals surface area contributed by atoms with E-state index < -0.39 is 17.6 Å². The summed E-state index contributed by atoms with van der Waals surface area (Å²) in [6.45, 7) is 2.05. The zero-order chi connectivity index (χ0) is 23.5. The Labute approximate surface area is 185 Å². The van der Waals surface area contributed by atoms with Crippen molar-refractivity contribution in [2.24, 2.45) is 7.05 Å². The van der Waals surface area contributed by atoms with Gasteiger partial charge in [0.2, 0.25) is 0 Å². The summed E-state index contributed by atoms with van der Waals surface area (Å²) in [5.74, 6) is 0.867. The van der Waals surface area contributed by atoms with Crippen molar-refractivity contribution in [2.75, 3.05) is 17.2 Å². The monoisotopic (exact) mass is 460 g/mol. The van der Waals surface area contributed by atoms with Crippen LogP contribution in [0.1, 0.15) is 28.6 Å². The second-order valence-corrected chi connectivity index (χ2v) is 8.09. The van der Waals surface area contributed by atoms with E-state index in [2.05, 4.69) is 20.6 Å². The number of rotatable bonds is 3. The Morgan fingerprint density at radius 3 is 2.79 bits per heavy atom. The number of hydrogen-bond acceptors (Lipinski definition) is 4. The highest BCUT2D eigenvalue weighted by Gasteiger charge is 2.32. The maximum absolute atomic E-state index is 14.4. The van der Waals surface area contributed by atoms with Crippen LogP contribution in [0.5, 0.6) is 0 Å². The van der Waals surface area contributed by atoms with Gasteiger partial charge in [0.1, 0.15) is 17.2 Å². The van der Waals surface area contributed by atoms with Crippen LogP contribution in [0, 0.1) is 12.7 Å². The van der Waals surface area contributed by atoms with Crippen molar-refractivity contribution in [3.05, 3.63) is 75.3 Å². The van der Waals surface area contributed by atoms with Crippen molar-refractivity contribution < 1.29 is 17.6 Å². The van der Waals surface area contributed by atoms with Crippen molar-refractivity contribution in [1.29, 1.82) is 0 Å². The molecule has 1 aliphatic heterocycles. The summed E-state index contributed by atoms with van der Waals surface area (Å²) in [5.41, 5.74) is 0.200. The lowest BCUT2D eigenvalue weighted by Gasteiger charge is -2.28. The zero-order valence-electron chi connectivity index (χ0n) is 17.7. The van der Waals surface area contributed by atoms with Gasteiger partial charge in [0.15, 0.2) is 11.6 Å². The van der Waals surface area contributed by atoms with Gasteiger partial charge in [-0.2, -0.15) is 13.2 Å². The van der Waals surface area contributed by atoms with Gasteiger partial charge in [0, 0.05) is 42.5 Å². The van der Waals surface area contributed by atoms with Crippen LogP contribution < -0.4 is 16.2 Å². The molecule has 0 saturated heterocycles. The fourth-order valence-electron chi connectivity index (χ4n) is 4.25. The number of hydrogen-bond donors (Lipinski definition) is 3. The van der Waals surface area contributed by atoms with E-state index in [9.17, 15) is 22.4 Å². The molecule has 7 nitrogen and oxygen atoms in total. The number of aromatic nitrogens is 4. The first-order chi connectivity index (χ1) is 15.6. The second-order valence-electron chi connectivity index (χ2n) is 8.09. The average Bonchev–Trinajstić information content (AvgIpc) is 3.36. The smallest absolute Gasteiger partial charge is 0.365 e. The van der Waals surface area contributed by atoms with Crippen molar-refractivity contribution in [3.8, 4) is 0 Å². The highest BCUT2D eigenvalue weighted by Crippen LogP contribution is 2.35. The fraction of sp³-hybridized carbons (Fsp3) is 0.273. The third-order valence-electron chi connectivity index (χ3n) is 5.94. The molecule has 0 fully saturated rings. The van der Waals surface area contributed by atoms with E-state index in [-0.39, 0.29) is 23.7 Å². The summed E-state index contributed by atoms with van der Waals surface area (Å²) < 4.78 is 57.0. The number of nitrogens with zero attached hydrogens (tertiary/aromatic N) is 3. The van der Waals surface area contributed by atoms with Crippen LogP contribution in [0.4, 0.5) is 29.2 Å². The molecule has 0 aliphatic carbocycles. The van der Waals surface area contributed by atoms with Crippen LogP contribution >= 0.6 is 0 Å². The Balaban J connectivity index is 1.53. The molecule has 0 amide bonds. The van der Waals surface area contributed by atoms with Crippen LogP contribution in [-0.4, -0.2) is 25.6 Å². The molecule has 172 valence electrons. The molecule has 4 heterocycles. The van der Waals surface area contributed by atoms with Crippen molar-refractivity contribution in [2.45, 2.75) is 25.7 Å². The quantitative estimate of drug-likeness (QED) is 0.401. The summed E-state index contributed by atoms with van der Waals surface area (Å²) in [6, 6.07) is 3.95. The third-order valence-corrected chi connectivity index (χ3v) is 5.94. The number of anilines is 2. The molecule has 0 bridgehead atoms. The molecule has 1 aromatic carbocycles. The van der Waals surface area contributed by atoms with Gasteiger partial charge in [-0.1, -0.05) is 0 Å². The highest BCUT2D eigenvalue weighted by molar-refractivity contribution is 5.83. The minimum Gasteiger partial charge on any atom is -0.365 e. The molecule has 0 radical (unpaired) electrons. The van der Waals surface area contributed by atoms with Gasteiger partial charge < -0.3 is 24.8 Å². The van der Waals surface area contributed by atoms with Gasteiger partial charge >= 0.3 is 6.18 Å². The van der Waals surface area contributed by atoms with E-state index in [0.717, 1.165) is 29.1 Å². The van der Waals surface area contributed by atoms with Gasteiger partial charge in [-0.3, -0.25) is 4.79 Å². The second kappa shape index (κ2) is 7.39. The standard InChI is InChI=1S/C22H20F4N6O/c1-11-29-19-20(32(11)9-12-7-13(22(24,25)26)3-4-16(12)23)30-17(8-28-19)15-10-31(2)21(33)18-14(15)5-6-27-18/h3-7,10,17,27-28,30H,8-9H2,1-2H3. The van der Waals surface area contributed by atoms with E-state index in [1.807, 2.05) is 6.07 Å². The first-order valence-corrected chi connectivity index (χ1v) is 10.2. The molecule has 4 aromatic rings. The number of aromatic amines is 1.